The molecule has 0 aliphatic heterocycles. The molecule has 0 heterocycles. The summed E-state index contributed by atoms with van der Waals surface area (Å²) in [6.45, 7) is 3.59. The van der Waals surface area contributed by atoms with Gasteiger partial charge in [0.2, 0.25) is 0 Å². The molecule has 50 heavy (non-hydrogen) atoms. The normalized spacial score (nSPS) is 13.1. The summed E-state index contributed by atoms with van der Waals surface area (Å²) in [7, 11) is -4.76. The minimum Gasteiger partial charge on any atom is -0.462 e. The van der Waals surface area contributed by atoms with Crippen LogP contribution in [0.5, 0.6) is 0 Å². The number of carbonyl (C=O) groups excluding carboxylic acids is 2. The highest BCUT2D eigenvalue weighted by molar-refractivity contribution is 7.46. The fraction of sp³-hybridized carbons (Fsp3) is 0.707. The van der Waals surface area contributed by atoms with Gasteiger partial charge in [-0.05, 0) is 83.5 Å². The first kappa shape index (κ1) is 47.8. The molecule has 0 amide bonds. The third kappa shape index (κ3) is 38.6. The molecule has 8 nitrogen and oxygen atoms in total. The molecule has 0 bridgehead atoms. The second-order valence-corrected chi connectivity index (χ2v) is 14.1. The average Bonchev–Trinajstić information content (AvgIpc) is 3.08. The quantitative estimate of drug-likeness (QED) is 0.0287. The highest BCUT2D eigenvalue weighted by atomic mass is 31.2. The lowest BCUT2D eigenvalue weighted by Crippen LogP contribution is -2.29. The number of phosphoric acid groups is 1. The van der Waals surface area contributed by atoms with Gasteiger partial charge in [0, 0.05) is 12.8 Å². The van der Waals surface area contributed by atoms with Crippen LogP contribution in [0, 0.1) is 0 Å². The monoisotopic (exact) mass is 722 g/mol. The second kappa shape index (κ2) is 36.5. The Labute approximate surface area is 305 Å². The molecule has 0 radical (unpaired) electrons. The molecule has 0 aromatic heterocycles. The number of carbonyl (C=O) groups is 2. The van der Waals surface area contributed by atoms with Crippen molar-refractivity contribution >= 4 is 19.8 Å². The van der Waals surface area contributed by atoms with E-state index in [0.29, 0.717) is 12.8 Å². The fourth-order valence-electron chi connectivity index (χ4n) is 5.06. The van der Waals surface area contributed by atoms with Gasteiger partial charge in [0.25, 0.3) is 0 Å². The predicted molar refractivity (Wildman–Crippen MR) is 207 cm³/mol. The van der Waals surface area contributed by atoms with E-state index < -0.39 is 32.5 Å². The van der Waals surface area contributed by atoms with Crippen molar-refractivity contribution in [1.29, 1.82) is 0 Å². The van der Waals surface area contributed by atoms with Gasteiger partial charge in [-0.2, -0.15) is 0 Å². The van der Waals surface area contributed by atoms with Crippen molar-refractivity contribution < 1.29 is 37.9 Å². The van der Waals surface area contributed by atoms with Gasteiger partial charge in [-0.1, -0.05) is 132 Å². The number of phosphoric ester groups is 1. The van der Waals surface area contributed by atoms with Crippen LogP contribution in [0.4, 0.5) is 0 Å². The average molecular weight is 723 g/mol. The largest absolute Gasteiger partial charge is 0.469 e. The van der Waals surface area contributed by atoms with E-state index in [1.54, 1.807) is 0 Å². The SMILES string of the molecule is CCCCC/C=C\C/C=C\C/C=C\CCCCCCC(=O)O[C@H](COC(=O)CCCCCCC/C=C\C/C=C\CCCCC)COP(=O)(O)O. The molecular weight excluding hydrogens is 651 g/mol. The predicted octanol–water partition coefficient (Wildman–Crippen LogP) is 11.7. The lowest BCUT2D eigenvalue weighted by Gasteiger charge is -2.18. The summed E-state index contributed by atoms with van der Waals surface area (Å²) >= 11 is 0. The van der Waals surface area contributed by atoms with Crippen LogP contribution in [-0.2, 0) is 28.2 Å². The molecule has 0 aliphatic rings. The van der Waals surface area contributed by atoms with E-state index in [-0.39, 0.29) is 19.4 Å². The number of hydrogen-bond donors (Lipinski definition) is 2. The van der Waals surface area contributed by atoms with E-state index >= 15 is 0 Å². The van der Waals surface area contributed by atoms with Crippen molar-refractivity contribution in [3.63, 3.8) is 0 Å². The summed E-state index contributed by atoms with van der Waals surface area (Å²) in [5.41, 5.74) is 0. The maximum atomic E-state index is 12.4. The zero-order valence-corrected chi connectivity index (χ0v) is 32.4. The van der Waals surface area contributed by atoms with Gasteiger partial charge in [0.1, 0.15) is 6.61 Å². The van der Waals surface area contributed by atoms with Crippen molar-refractivity contribution in [2.45, 2.75) is 174 Å². The molecule has 1 atom stereocenters. The molecule has 0 saturated heterocycles. The molecule has 0 rings (SSSR count). The van der Waals surface area contributed by atoms with Gasteiger partial charge in [-0.15, -0.1) is 0 Å². The second-order valence-electron chi connectivity index (χ2n) is 12.9. The van der Waals surface area contributed by atoms with Crippen molar-refractivity contribution in [3.05, 3.63) is 60.8 Å². The molecular formula is C41H71O8P. The fourth-order valence-corrected chi connectivity index (χ4v) is 5.42. The molecule has 0 aromatic carbocycles. The summed E-state index contributed by atoms with van der Waals surface area (Å²) in [6, 6.07) is 0. The van der Waals surface area contributed by atoms with E-state index in [4.69, 9.17) is 19.3 Å². The Morgan fingerprint density at radius 2 is 0.900 bits per heavy atom. The van der Waals surface area contributed by atoms with Gasteiger partial charge < -0.3 is 19.3 Å². The standard InChI is InChI=1S/C41H71O8P/c1-3-5-7-9-11-13-15-17-19-20-22-24-26-28-30-32-34-36-41(43)49-39(38-48-50(44,45)46)37-47-40(42)35-33-31-29-27-25-23-21-18-16-14-12-10-8-6-4-2/h11-14,17-19,21-22,24,39H,3-10,15-16,20,23,25-38H2,1-2H3,(H2,44,45,46)/b13-11-,14-12-,19-17-,21-18-,24-22-/t39-/m1/s1. The first-order valence-corrected chi connectivity index (χ1v) is 21.1. The number of ether oxygens (including phenoxy) is 2. The molecule has 288 valence electrons. The molecule has 0 saturated carbocycles. The molecule has 0 aliphatic carbocycles. The summed E-state index contributed by atoms with van der Waals surface area (Å²) in [4.78, 5) is 42.7. The highest BCUT2D eigenvalue weighted by Crippen LogP contribution is 2.36. The Morgan fingerprint density at radius 1 is 0.520 bits per heavy atom. The molecule has 0 unspecified atom stereocenters. The summed E-state index contributed by atoms with van der Waals surface area (Å²) in [5.74, 6) is -0.931. The molecule has 0 fully saturated rings. The van der Waals surface area contributed by atoms with Crippen molar-refractivity contribution in [2.75, 3.05) is 13.2 Å². The summed E-state index contributed by atoms with van der Waals surface area (Å²) < 4.78 is 26.3. The number of esters is 2. The van der Waals surface area contributed by atoms with E-state index in [1.165, 1.54) is 51.4 Å². The molecule has 2 N–H and O–H groups in total. The Kier molecular flexibility index (Phi) is 34.9. The van der Waals surface area contributed by atoms with Crippen molar-refractivity contribution in [3.8, 4) is 0 Å². The van der Waals surface area contributed by atoms with Crippen LogP contribution < -0.4 is 0 Å². The lowest BCUT2D eigenvalue weighted by atomic mass is 10.1. The van der Waals surface area contributed by atoms with Crippen molar-refractivity contribution in [2.24, 2.45) is 0 Å². The van der Waals surface area contributed by atoms with Crippen LogP contribution in [0.25, 0.3) is 0 Å². The summed E-state index contributed by atoms with van der Waals surface area (Å²) in [6.07, 6.45) is 45.0. The number of rotatable bonds is 35. The Morgan fingerprint density at radius 3 is 1.34 bits per heavy atom. The smallest absolute Gasteiger partial charge is 0.462 e. The van der Waals surface area contributed by atoms with Gasteiger partial charge in [-0.25, -0.2) is 4.57 Å². The lowest BCUT2D eigenvalue weighted by molar-refractivity contribution is -0.161. The number of unbranched alkanes of at least 4 members (excludes halogenated alkanes) is 15. The third-order valence-electron chi connectivity index (χ3n) is 8.01. The Bertz CT molecular complexity index is 995. The Hall–Kier alpha value is -2.25. The van der Waals surface area contributed by atoms with E-state index in [0.717, 1.165) is 77.0 Å². The third-order valence-corrected chi connectivity index (χ3v) is 8.49. The van der Waals surface area contributed by atoms with E-state index in [2.05, 4.69) is 79.1 Å². The first-order valence-electron chi connectivity index (χ1n) is 19.6. The molecule has 9 heteroatoms. The maximum absolute atomic E-state index is 12.4. The summed E-state index contributed by atoms with van der Waals surface area (Å²) in [5, 5.41) is 0. The highest BCUT2D eigenvalue weighted by Gasteiger charge is 2.22. The van der Waals surface area contributed by atoms with E-state index in [1.807, 2.05) is 0 Å². The topological polar surface area (TPSA) is 119 Å². The Balaban J connectivity index is 4.04. The van der Waals surface area contributed by atoms with Crippen LogP contribution in [0.1, 0.15) is 168 Å². The van der Waals surface area contributed by atoms with Crippen LogP contribution >= 0.6 is 7.82 Å². The minimum absolute atomic E-state index is 0.181. The van der Waals surface area contributed by atoms with Crippen LogP contribution in [0.15, 0.2) is 60.8 Å². The van der Waals surface area contributed by atoms with Gasteiger partial charge in [0.05, 0.1) is 6.61 Å². The van der Waals surface area contributed by atoms with Gasteiger partial charge in [-0.3, -0.25) is 14.1 Å². The van der Waals surface area contributed by atoms with Crippen molar-refractivity contribution in [1.82, 2.24) is 0 Å². The minimum atomic E-state index is -4.76. The number of allylic oxidation sites excluding steroid dienone is 10. The molecule has 0 spiro atoms. The van der Waals surface area contributed by atoms with Gasteiger partial charge >= 0.3 is 19.8 Å². The van der Waals surface area contributed by atoms with Crippen LogP contribution in [-0.4, -0.2) is 41.0 Å². The maximum Gasteiger partial charge on any atom is 0.469 e. The number of hydrogen-bond acceptors (Lipinski definition) is 6. The zero-order valence-electron chi connectivity index (χ0n) is 31.5. The van der Waals surface area contributed by atoms with Crippen LogP contribution in [0.3, 0.4) is 0 Å². The zero-order chi connectivity index (χ0) is 36.8. The van der Waals surface area contributed by atoms with Gasteiger partial charge in [0.15, 0.2) is 6.10 Å². The first-order chi connectivity index (χ1) is 24.3. The van der Waals surface area contributed by atoms with Crippen LogP contribution in [0.2, 0.25) is 0 Å². The van der Waals surface area contributed by atoms with E-state index in [9.17, 15) is 14.2 Å². The molecule has 0 aromatic rings.